The van der Waals surface area contributed by atoms with Crippen LogP contribution in [0.1, 0.15) is 15.4 Å². The van der Waals surface area contributed by atoms with E-state index in [1.807, 2.05) is 34.0 Å². The van der Waals surface area contributed by atoms with Crippen LogP contribution in [0.15, 0.2) is 28.9 Å². The van der Waals surface area contributed by atoms with Gasteiger partial charge >= 0.3 is 5.97 Å². The van der Waals surface area contributed by atoms with Crippen molar-refractivity contribution in [2.24, 2.45) is 17.9 Å². The standard InChI is InChI=1S/C10H9IN4O2S/c1-15-5-6(11)8(13-15)10(16)17-14-9(12)7-3-2-4-18-7/h2-5H,1H3,(H2,12,14). The molecule has 0 saturated heterocycles. The van der Waals surface area contributed by atoms with E-state index >= 15 is 0 Å². The van der Waals surface area contributed by atoms with Crippen molar-refractivity contribution in [2.75, 3.05) is 0 Å². The number of thiophene rings is 1. The minimum atomic E-state index is -0.625. The van der Waals surface area contributed by atoms with Crippen LogP contribution in [0.2, 0.25) is 0 Å². The predicted molar refractivity (Wildman–Crippen MR) is 76.4 cm³/mol. The lowest BCUT2D eigenvalue weighted by Gasteiger charge is -1.97. The number of halogens is 1. The van der Waals surface area contributed by atoms with Crippen molar-refractivity contribution in [2.45, 2.75) is 0 Å². The second-order valence-electron chi connectivity index (χ2n) is 3.33. The van der Waals surface area contributed by atoms with E-state index in [4.69, 9.17) is 10.6 Å². The number of oxime groups is 1. The molecule has 2 aromatic rings. The van der Waals surface area contributed by atoms with E-state index in [2.05, 4.69) is 10.3 Å². The number of carbonyl (C=O) groups excluding carboxylic acids is 1. The fraction of sp³-hybridized carbons (Fsp3) is 0.100. The molecule has 0 aliphatic heterocycles. The zero-order valence-corrected chi connectivity index (χ0v) is 12.3. The van der Waals surface area contributed by atoms with E-state index in [-0.39, 0.29) is 11.5 Å². The lowest BCUT2D eigenvalue weighted by molar-refractivity contribution is 0.0507. The third kappa shape index (κ3) is 2.88. The summed E-state index contributed by atoms with van der Waals surface area (Å²) in [6.45, 7) is 0. The van der Waals surface area contributed by atoms with Gasteiger partial charge in [0.05, 0.1) is 8.45 Å². The average molecular weight is 376 g/mol. The highest BCUT2D eigenvalue weighted by atomic mass is 127. The third-order valence-corrected chi connectivity index (χ3v) is 3.66. The number of aromatic nitrogens is 2. The number of carbonyl (C=O) groups is 1. The minimum absolute atomic E-state index is 0.171. The first-order valence-corrected chi connectivity index (χ1v) is 6.81. The van der Waals surface area contributed by atoms with Gasteiger partial charge in [0.25, 0.3) is 0 Å². The fourth-order valence-corrected chi connectivity index (χ4v) is 2.55. The van der Waals surface area contributed by atoms with E-state index < -0.39 is 5.97 Å². The molecule has 0 fully saturated rings. The Balaban J connectivity index is 2.09. The van der Waals surface area contributed by atoms with Crippen LogP contribution >= 0.6 is 33.9 Å². The maximum atomic E-state index is 11.7. The molecule has 6 nitrogen and oxygen atoms in total. The normalized spacial score (nSPS) is 11.6. The molecule has 0 bridgehead atoms. The second-order valence-corrected chi connectivity index (χ2v) is 5.44. The molecule has 2 aromatic heterocycles. The molecule has 0 radical (unpaired) electrons. The quantitative estimate of drug-likeness (QED) is 0.290. The third-order valence-electron chi connectivity index (χ3n) is 1.98. The number of rotatable bonds is 3. The van der Waals surface area contributed by atoms with Gasteiger partial charge in [-0.05, 0) is 34.0 Å². The molecule has 2 heterocycles. The highest BCUT2D eigenvalue weighted by molar-refractivity contribution is 14.1. The van der Waals surface area contributed by atoms with Crippen molar-refractivity contribution in [3.05, 3.63) is 37.9 Å². The summed E-state index contributed by atoms with van der Waals surface area (Å²) >= 11 is 3.42. The summed E-state index contributed by atoms with van der Waals surface area (Å²) in [6.07, 6.45) is 1.71. The van der Waals surface area contributed by atoms with Crippen molar-refractivity contribution in [1.29, 1.82) is 0 Å². The number of nitrogens with two attached hydrogens (primary N) is 1. The Morgan fingerprint density at radius 2 is 2.44 bits per heavy atom. The first-order valence-electron chi connectivity index (χ1n) is 4.85. The van der Waals surface area contributed by atoms with Crippen LogP contribution in [-0.2, 0) is 11.9 Å². The van der Waals surface area contributed by atoms with Gasteiger partial charge < -0.3 is 10.6 Å². The molecular formula is C10H9IN4O2S. The Morgan fingerprint density at radius 3 is 3.00 bits per heavy atom. The van der Waals surface area contributed by atoms with Gasteiger partial charge in [0.1, 0.15) is 0 Å². The van der Waals surface area contributed by atoms with Gasteiger partial charge in [-0.3, -0.25) is 4.68 Å². The molecule has 0 saturated carbocycles. The van der Waals surface area contributed by atoms with Crippen LogP contribution in [-0.4, -0.2) is 21.6 Å². The first-order chi connectivity index (χ1) is 8.58. The van der Waals surface area contributed by atoms with Crippen LogP contribution in [0, 0.1) is 3.57 Å². The van der Waals surface area contributed by atoms with Crippen LogP contribution < -0.4 is 5.73 Å². The van der Waals surface area contributed by atoms with E-state index in [0.29, 0.717) is 3.57 Å². The average Bonchev–Trinajstić information content (AvgIpc) is 2.95. The van der Waals surface area contributed by atoms with Gasteiger partial charge in [-0.1, -0.05) is 11.2 Å². The van der Waals surface area contributed by atoms with Gasteiger partial charge in [-0.25, -0.2) is 4.79 Å². The SMILES string of the molecule is Cn1cc(I)c(C(=O)O/N=C(\N)c2cccs2)n1. The van der Waals surface area contributed by atoms with E-state index in [1.54, 1.807) is 19.3 Å². The van der Waals surface area contributed by atoms with Crippen LogP contribution in [0.3, 0.4) is 0 Å². The molecule has 94 valence electrons. The molecule has 0 spiro atoms. The number of aryl methyl sites for hydroxylation is 1. The zero-order valence-electron chi connectivity index (χ0n) is 9.33. The Kier molecular flexibility index (Phi) is 3.97. The molecule has 0 atom stereocenters. The summed E-state index contributed by atoms with van der Waals surface area (Å²) in [5.41, 5.74) is 5.89. The lowest BCUT2D eigenvalue weighted by Crippen LogP contribution is -2.14. The van der Waals surface area contributed by atoms with Crippen molar-refractivity contribution in [3.63, 3.8) is 0 Å². The van der Waals surface area contributed by atoms with Gasteiger partial charge in [-0.2, -0.15) is 5.10 Å². The molecule has 0 amide bonds. The fourth-order valence-electron chi connectivity index (χ4n) is 1.20. The summed E-state index contributed by atoms with van der Waals surface area (Å²) < 4.78 is 2.23. The number of hydrogen-bond donors (Lipinski definition) is 1. The molecule has 2 N–H and O–H groups in total. The molecular weight excluding hydrogens is 367 g/mol. The molecule has 0 aromatic carbocycles. The van der Waals surface area contributed by atoms with E-state index in [9.17, 15) is 4.79 Å². The second kappa shape index (κ2) is 5.48. The summed E-state index contributed by atoms with van der Waals surface area (Å²) in [5, 5.41) is 9.44. The lowest BCUT2D eigenvalue weighted by atomic mass is 10.4. The highest BCUT2D eigenvalue weighted by Crippen LogP contribution is 2.12. The topological polar surface area (TPSA) is 82.5 Å². The summed E-state index contributed by atoms with van der Waals surface area (Å²) in [5.74, 6) is -0.455. The molecule has 18 heavy (non-hydrogen) atoms. The highest BCUT2D eigenvalue weighted by Gasteiger charge is 2.16. The van der Waals surface area contributed by atoms with Crippen LogP contribution in [0.25, 0.3) is 0 Å². The largest absolute Gasteiger partial charge is 0.387 e. The zero-order chi connectivity index (χ0) is 13.1. The molecule has 0 aliphatic carbocycles. The van der Waals surface area contributed by atoms with E-state index in [0.717, 1.165) is 4.88 Å². The Labute approximate surface area is 121 Å². The van der Waals surface area contributed by atoms with Crippen molar-refractivity contribution < 1.29 is 9.63 Å². The van der Waals surface area contributed by atoms with E-state index in [1.165, 1.54) is 16.0 Å². The molecule has 0 unspecified atom stereocenters. The number of hydrogen-bond acceptors (Lipinski definition) is 5. The monoisotopic (exact) mass is 376 g/mol. The minimum Gasteiger partial charge on any atom is -0.380 e. The van der Waals surface area contributed by atoms with Crippen molar-refractivity contribution in [3.8, 4) is 0 Å². The summed E-state index contributed by atoms with van der Waals surface area (Å²) in [4.78, 5) is 17.2. The van der Waals surface area contributed by atoms with Gasteiger partial charge in [0.2, 0.25) is 0 Å². The first kappa shape index (κ1) is 13.0. The van der Waals surface area contributed by atoms with Gasteiger partial charge in [0.15, 0.2) is 11.5 Å². The smallest absolute Gasteiger partial charge is 0.380 e. The summed E-state index contributed by atoms with van der Waals surface area (Å²) in [7, 11) is 1.72. The maximum Gasteiger partial charge on any atom is 0.387 e. The summed E-state index contributed by atoms with van der Waals surface area (Å²) in [6, 6.07) is 3.63. The van der Waals surface area contributed by atoms with Gasteiger partial charge in [0, 0.05) is 13.2 Å². The number of amidine groups is 1. The molecule has 8 heteroatoms. The molecule has 2 rings (SSSR count). The maximum absolute atomic E-state index is 11.7. The number of nitrogens with zero attached hydrogens (tertiary/aromatic N) is 3. The Bertz CT molecular complexity index is 591. The van der Waals surface area contributed by atoms with Crippen molar-refractivity contribution >= 4 is 45.7 Å². The molecule has 0 aliphatic rings. The Morgan fingerprint density at radius 1 is 1.67 bits per heavy atom. The van der Waals surface area contributed by atoms with Crippen LogP contribution in [0.4, 0.5) is 0 Å². The van der Waals surface area contributed by atoms with Gasteiger partial charge in [-0.15, -0.1) is 11.3 Å². The Hall–Kier alpha value is -1.42. The van der Waals surface area contributed by atoms with Crippen LogP contribution in [0.5, 0.6) is 0 Å². The predicted octanol–water partition coefficient (Wildman–Crippen LogP) is 1.56. The van der Waals surface area contributed by atoms with Crippen molar-refractivity contribution in [1.82, 2.24) is 9.78 Å².